The van der Waals surface area contributed by atoms with Crippen molar-refractivity contribution >= 4 is 17.7 Å². The molecule has 186 valence electrons. The van der Waals surface area contributed by atoms with Crippen molar-refractivity contribution in [3.8, 4) is 17.1 Å². The fraction of sp³-hybridized carbons (Fsp3) is 0.407. The first-order valence-electron chi connectivity index (χ1n) is 12.5. The summed E-state index contributed by atoms with van der Waals surface area (Å²) in [4.78, 5) is 26.1. The van der Waals surface area contributed by atoms with Gasteiger partial charge in [0.05, 0.1) is 30.9 Å². The lowest BCUT2D eigenvalue weighted by atomic mass is 10.1. The Hall–Kier alpha value is -3.75. The summed E-state index contributed by atoms with van der Waals surface area (Å²) in [5.74, 6) is 1.47. The fourth-order valence-corrected chi connectivity index (χ4v) is 5.30. The van der Waals surface area contributed by atoms with Crippen molar-refractivity contribution in [2.75, 3.05) is 18.6 Å². The predicted molar refractivity (Wildman–Crippen MR) is 135 cm³/mol. The highest BCUT2D eigenvalue weighted by Gasteiger charge is 2.49. The number of anilines is 1. The second-order valence-corrected chi connectivity index (χ2v) is 10.1. The molecule has 2 aromatic heterocycles. The van der Waals surface area contributed by atoms with Crippen LogP contribution in [0, 0.1) is 11.9 Å². The van der Waals surface area contributed by atoms with Crippen LogP contribution < -0.4 is 9.64 Å². The Labute approximate surface area is 209 Å². The molecule has 1 saturated carbocycles. The van der Waals surface area contributed by atoms with Crippen molar-refractivity contribution in [3.63, 3.8) is 0 Å². The van der Waals surface area contributed by atoms with Gasteiger partial charge in [-0.2, -0.15) is 9.49 Å². The van der Waals surface area contributed by atoms with Crippen LogP contribution in [-0.4, -0.2) is 57.3 Å². The lowest BCUT2D eigenvalue weighted by molar-refractivity contribution is 0.0859. The third kappa shape index (κ3) is 3.73. The fourth-order valence-electron chi connectivity index (χ4n) is 5.30. The Balaban J connectivity index is 1.37. The first-order valence-corrected chi connectivity index (χ1v) is 12.5. The van der Waals surface area contributed by atoms with E-state index in [2.05, 4.69) is 23.7 Å². The van der Waals surface area contributed by atoms with Gasteiger partial charge in [0.1, 0.15) is 5.56 Å². The Bertz CT molecular complexity index is 1350. The van der Waals surface area contributed by atoms with Crippen molar-refractivity contribution in [2.45, 2.75) is 51.7 Å². The van der Waals surface area contributed by atoms with Crippen LogP contribution in [0.4, 0.5) is 10.2 Å². The number of carbonyl (C=O) groups excluding carboxylic acids is 1. The van der Waals surface area contributed by atoms with E-state index in [0.717, 1.165) is 30.4 Å². The van der Waals surface area contributed by atoms with Gasteiger partial charge in [0.15, 0.2) is 5.82 Å². The molecule has 8 nitrogen and oxygen atoms in total. The number of pyridine rings is 1. The van der Waals surface area contributed by atoms with Crippen molar-refractivity contribution in [3.05, 3.63) is 59.5 Å². The number of aromatic nitrogens is 3. The van der Waals surface area contributed by atoms with E-state index in [-0.39, 0.29) is 18.0 Å². The van der Waals surface area contributed by atoms with Gasteiger partial charge in [0.2, 0.25) is 17.8 Å². The number of halogens is 1. The van der Waals surface area contributed by atoms with Crippen molar-refractivity contribution < 1.29 is 13.9 Å². The van der Waals surface area contributed by atoms with Crippen LogP contribution in [0.2, 0.25) is 0 Å². The van der Waals surface area contributed by atoms with Crippen LogP contribution in [0.15, 0.2) is 47.5 Å². The molecule has 2 atom stereocenters. The van der Waals surface area contributed by atoms with Crippen molar-refractivity contribution in [2.24, 2.45) is 10.9 Å². The molecule has 9 heteroatoms. The quantitative estimate of drug-likeness (QED) is 0.482. The monoisotopic (exact) mass is 488 g/mol. The number of guanidine groups is 1. The number of benzene rings is 1. The largest absolute Gasteiger partial charge is 0.477 e. The SMILES string of the molecule is CC(C)COc1c2c(nn1Cc1ccc(-c3cccc(F)n3)cc1)N1C(=N[C@@H]3CCC[C@@H]31)N(C)C2=O. The molecule has 1 aliphatic carbocycles. The van der Waals surface area contributed by atoms with Crippen LogP contribution >= 0.6 is 0 Å². The maximum atomic E-state index is 13.6. The number of nitrogens with zero attached hydrogens (tertiary/aromatic N) is 6. The molecule has 0 radical (unpaired) electrons. The minimum absolute atomic E-state index is 0.141. The summed E-state index contributed by atoms with van der Waals surface area (Å²) >= 11 is 0. The molecule has 1 fully saturated rings. The molecule has 1 aromatic carbocycles. The van der Waals surface area contributed by atoms with E-state index >= 15 is 0 Å². The van der Waals surface area contributed by atoms with Crippen LogP contribution in [0.3, 0.4) is 0 Å². The minimum Gasteiger partial charge on any atom is -0.477 e. The highest BCUT2D eigenvalue weighted by molar-refractivity contribution is 6.19. The summed E-state index contributed by atoms with van der Waals surface area (Å²) in [6.07, 6.45) is 3.19. The standard InChI is InChI=1S/C27H29FN6O2/c1-16(2)15-36-26-23-24(34-21-8-4-7-20(21)30-27(34)32(3)25(23)35)31-33(26)14-17-10-12-18(13-11-17)19-6-5-9-22(28)29-19/h5-6,9-13,16,20-21H,4,7-8,14-15H2,1-3H3/t20-,21+/m1/s1. The van der Waals surface area contributed by atoms with Crippen LogP contribution in [0.5, 0.6) is 5.88 Å². The minimum atomic E-state index is -0.505. The van der Waals surface area contributed by atoms with Crippen molar-refractivity contribution in [1.29, 1.82) is 0 Å². The van der Waals surface area contributed by atoms with Gasteiger partial charge in [0.25, 0.3) is 5.91 Å². The zero-order valence-electron chi connectivity index (χ0n) is 20.7. The Morgan fingerprint density at radius 1 is 1.14 bits per heavy atom. The molecule has 2 aliphatic heterocycles. The maximum absolute atomic E-state index is 13.6. The molecule has 0 spiro atoms. The smallest absolute Gasteiger partial charge is 0.269 e. The number of carbonyl (C=O) groups is 1. The van der Waals surface area contributed by atoms with E-state index in [1.54, 1.807) is 28.8 Å². The van der Waals surface area contributed by atoms with E-state index in [1.807, 2.05) is 24.3 Å². The second kappa shape index (κ2) is 8.72. The highest BCUT2D eigenvalue weighted by atomic mass is 19.1. The molecule has 6 rings (SSSR count). The molecule has 1 amide bonds. The van der Waals surface area contributed by atoms with E-state index in [1.165, 1.54) is 6.07 Å². The molecular weight excluding hydrogens is 459 g/mol. The van der Waals surface area contributed by atoms with Crippen LogP contribution in [0.25, 0.3) is 11.3 Å². The maximum Gasteiger partial charge on any atom is 0.269 e. The third-order valence-electron chi connectivity index (χ3n) is 7.06. The zero-order valence-corrected chi connectivity index (χ0v) is 20.7. The number of ether oxygens (including phenoxy) is 1. The highest BCUT2D eigenvalue weighted by Crippen LogP contribution is 2.43. The average Bonchev–Trinajstić information content (AvgIpc) is 3.55. The Morgan fingerprint density at radius 2 is 1.94 bits per heavy atom. The first kappa shape index (κ1) is 22.7. The number of amides is 1. The van der Waals surface area contributed by atoms with Gasteiger partial charge in [-0.15, -0.1) is 0 Å². The third-order valence-corrected chi connectivity index (χ3v) is 7.06. The summed E-state index contributed by atoms with van der Waals surface area (Å²) in [5, 5.41) is 4.93. The van der Waals surface area contributed by atoms with E-state index in [9.17, 15) is 9.18 Å². The summed E-state index contributed by atoms with van der Waals surface area (Å²) in [5.41, 5.74) is 2.90. The first-order chi connectivity index (χ1) is 17.4. The lowest BCUT2D eigenvalue weighted by Crippen LogP contribution is -2.51. The predicted octanol–water partition coefficient (Wildman–Crippen LogP) is 4.35. The number of hydrogen-bond acceptors (Lipinski definition) is 6. The van der Waals surface area contributed by atoms with Crippen molar-refractivity contribution in [1.82, 2.24) is 19.7 Å². The molecule has 3 aromatic rings. The zero-order chi connectivity index (χ0) is 25.0. The van der Waals surface area contributed by atoms with E-state index in [4.69, 9.17) is 14.8 Å². The van der Waals surface area contributed by atoms with E-state index in [0.29, 0.717) is 48.0 Å². The van der Waals surface area contributed by atoms with Gasteiger partial charge in [-0.25, -0.2) is 14.7 Å². The molecule has 0 N–H and O–H groups in total. The molecule has 3 aliphatic rings. The van der Waals surface area contributed by atoms with Crippen LogP contribution in [-0.2, 0) is 6.54 Å². The van der Waals surface area contributed by atoms with Gasteiger partial charge in [-0.05, 0) is 42.9 Å². The number of rotatable bonds is 6. The van der Waals surface area contributed by atoms with Gasteiger partial charge in [-0.3, -0.25) is 14.6 Å². The molecule has 36 heavy (non-hydrogen) atoms. The lowest BCUT2D eigenvalue weighted by Gasteiger charge is -2.33. The number of fused-ring (bicyclic) bond motifs is 5. The molecule has 0 unspecified atom stereocenters. The van der Waals surface area contributed by atoms with Gasteiger partial charge >= 0.3 is 0 Å². The molecule has 4 heterocycles. The topological polar surface area (TPSA) is 75.8 Å². The van der Waals surface area contributed by atoms with E-state index < -0.39 is 5.95 Å². The average molecular weight is 489 g/mol. The number of hydrogen-bond donors (Lipinski definition) is 0. The normalized spacial score (nSPS) is 20.5. The van der Waals surface area contributed by atoms with Gasteiger partial charge < -0.3 is 4.74 Å². The summed E-state index contributed by atoms with van der Waals surface area (Å²) in [7, 11) is 1.78. The summed E-state index contributed by atoms with van der Waals surface area (Å²) < 4.78 is 21.6. The molecule has 0 bridgehead atoms. The van der Waals surface area contributed by atoms with Gasteiger partial charge in [-0.1, -0.05) is 44.2 Å². The van der Waals surface area contributed by atoms with Gasteiger partial charge in [0, 0.05) is 12.6 Å². The van der Waals surface area contributed by atoms with Crippen LogP contribution in [0.1, 0.15) is 49.0 Å². The molecule has 0 saturated heterocycles. The Morgan fingerprint density at radius 3 is 2.69 bits per heavy atom. The molecular formula is C27H29FN6O2. The summed E-state index contributed by atoms with van der Waals surface area (Å²) in [6, 6.07) is 13.0. The number of aliphatic imine (C=N–C) groups is 1. The summed E-state index contributed by atoms with van der Waals surface area (Å²) in [6.45, 7) is 5.07. The Kier molecular flexibility index (Phi) is 5.50. The second-order valence-electron chi connectivity index (χ2n) is 10.1.